The molecular formula is C16H34N2S. The van der Waals surface area contributed by atoms with Crippen molar-refractivity contribution in [3.63, 3.8) is 0 Å². The van der Waals surface area contributed by atoms with Crippen LogP contribution in [0.1, 0.15) is 84.0 Å². The third-order valence-electron chi connectivity index (χ3n) is 4.25. The topological polar surface area (TPSA) is 38.0 Å². The smallest absolute Gasteiger partial charge is 0.0329 e. The van der Waals surface area contributed by atoms with Crippen molar-refractivity contribution >= 4 is 11.8 Å². The maximum atomic E-state index is 5.74. The van der Waals surface area contributed by atoms with Crippen LogP contribution in [0, 0.1) is 0 Å². The quantitative estimate of drug-likeness (QED) is 0.330. The minimum Gasteiger partial charge on any atom is -0.271 e. The number of hydrazine groups is 1. The zero-order valence-corrected chi connectivity index (χ0v) is 13.6. The lowest BCUT2D eigenvalue weighted by molar-refractivity contribution is 0.427. The molecule has 1 saturated heterocycles. The summed E-state index contributed by atoms with van der Waals surface area (Å²) in [6.07, 6.45) is 16.6. The Kier molecular flexibility index (Phi) is 11.0. The molecule has 0 aliphatic carbocycles. The highest BCUT2D eigenvalue weighted by Crippen LogP contribution is 2.29. The van der Waals surface area contributed by atoms with Crippen LogP contribution in [-0.2, 0) is 0 Å². The maximum Gasteiger partial charge on any atom is 0.0329 e. The average Bonchev–Trinajstić information content (AvgIpc) is 2.47. The van der Waals surface area contributed by atoms with Gasteiger partial charge in [0.1, 0.15) is 0 Å². The number of rotatable bonds is 11. The van der Waals surface area contributed by atoms with Gasteiger partial charge in [-0.05, 0) is 25.0 Å². The van der Waals surface area contributed by atoms with Gasteiger partial charge in [-0.25, -0.2) is 0 Å². The number of unbranched alkanes of at least 4 members (excludes halogenated alkanes) is 7. The summed E-state index contributed by atoms with van der Waals surface area (Å²) in [7, 11) is 0. The fourth-order valence-electron chi connectivity index (χ4n) is 2.96. The largest absolute Gasteiger partial charge is 0.271 e. The molecule has 0 radical (unpaired) electrons. The van der Waals surface area contributed by atoms with Crippen LogP contribution in [0.5, 0.6) is 0 Å². The molecule has 0 bridgehead atoms. The van der Waals surface area contributed by atoms with Gasteiger partial charge in [0.05, 0.1) is 0 Å². The molecular weight excluding hydrogens is 252 g/mol. The van der Waals surface area contributed by atoms with Crippen LogP contribution < -0.4 is 11.3 Å². The fraction of sp³-hybridized carbons (Fsp3) is 1.00. The van der Waals surface area contributed by atoms with Crippen molar-refractivity contribution in [3.05, 3.63) is 0 Å². The van der Waals surface area contributed by atoms with Crippen molar-refractivity contribution in [2.24, 2.45) is 5.84 Å². The predicted molar refractivity (Wildman–Crippen MR) is 88.4 cm³/mol. The van der Waals surface area contributed by atoms with Crippen LogP contribution in [0.3, 0.4) is 0 Å². The first-order valence-corrected chi connectivity index (χ1v) is 9.51. The van der Waals surface area contributed by atoms with Crippen LogP contribution in [0.15, 0.2) is 0 Å². The average molecular weight is 287 g/mol. The normalized spacial score (nSPS) is 21.5. The standard InChI is InChI=1S/C16H34N2S/c1-2-3-4-5-6-7-8-9-12-15(18-17)16-13-10-11-14-19-16/h15-16,18H,2-14,17H2,1H3. The van der Waals surface area contributed by atoms with Crippen LogP contribution in [0.4, 0.5) is 0 Å². The Bertz CT molecular complexity index is 193. The van der Waals surface area contributed by atoms with Gasteiger partial charge in [-0.2, -0.15) is 11.8 Å². The van der Waals surface area contributed by atoms with Crippen molar-refractivity contribution in [2.75, 3.05) is 5.75 Å². The fourth-order valence-corrected chi connectivity index (χ4v) is 4.41. The number of nitrogens with one attached hydrogen (secondary N) is 1. The molecule has 1 aliphatic heterocycles. The van der Waals surface area contributed by atoms with E-state index in [0.717, 1.165) is 5.25 Å². The molecule has 1 fully saturated rings. The molecule has 0 amide bonds. The van der Waals surface area contributed by atoms with E-state index in [-0.39, 0.29) is 0 Å². The Hall–Kier alpha value is 0.270. The van der Waals surface area contributed by atoms with E-state index >= 15 is 0 Å². The molecule has 2 unspecified atom stereocenters. The van der Waals surface area contributed by atoms with E-state index in [1.807, 2.05) is 0 Å². The SMILES string of the molecule is CCCCCCCCCCC(NN)C1CCCCS1. The number of thioether (sulfide) groups is 1. The molecule has 0 saturated carbocycles. The monoisotopic (exact) mass is 286 g/mol. The van der Waals surface area contributed by atoms with Crippen LogP contribution in [0.25, 0.3) is 0 Å². The van der Waals surface area contributed by atoms with E-state index in [1.165, 1.54) is 82.8 Å². The molecule has 3 N–H and O–H groups in total. The van der Waals surface area contributed by atoms with Crippen LogP contribution >= 0.6 is 11.8 Å². The maximum absolute atomic E-state index is 5.74. The van der Waals surface area contributed by atoms with Crippen molar-refractivity contribution < 1.29 is 0 Å². The second-order valence-electron chi connectivity index (χ2n) is 5.94. The molecule has 19 heavy (non-hydrogen) atoms. The van der Waals surface area contributed by atoms with E-state index in [2.05, 4.69) is 24.1 Å². The third-order valence-corrected chi connectivity index (χ3v) is 5.76. The molecule has 3 heteroatoms. The highest BCUT2D eigenvalue weighted by Gasteiger charge is 2.22. The Balaban J connectivity index is 1.96. The third kappa shape index (κ3) is 8.21. The lowest BCUT2D eigenvalue weighted by Gasteiger charge is -2.29. The molecule has 114 valence electrons. The van der Waals surface area contributed by atoms with Gasteiger partial charge < -0.3 is 0 Å². The summed E-state index contributed by atoms with van der Waals surface area (Å²) in [5, 5.41) is 0.767. The number of hydrogen-bond donors (Lipinski definition) is 2. The van der Waals surface area contributed by atoms with Crippen molar-refractivity contribution in [2.45, 2.75) is 95.3 Å². The first-order chi connectivity index (χ1) is 9.38. The summed E-state index contributed by atoms with van der Waals surface area (Å²) in [6, 6.07) is 0.547. The van der Waals surface area contributed by atoms with E-state index in [1.54, 1.807) is 0 Å². The summed E-state index contributed by atoms with van der Waals surface area (Å²) in [6.45, 7) is 2.28. The van der Waals surface area contributed by atoms with E-state index < -0.39 is 0 Å². The number of hydrogen-bond acceptors (Lipinski definition) is 3. The van der Waals surface area contributed by atoms with E-state index in [0.29, 0.717) is 6.04 Å². The minimum atomic E-state index is 0.547. The number of nitrogens with two attached hydrogens (primary N) is 1. The summed E-state index contributed by atoms with van der Waals surface area (Å²) in [5.74, 6) is 7.07. The van der Waals surface area contributed by atoms with Gasteiger partial charge in [0.15, 0.2) is 0 Å². The Morgan fingerprint density at radius 3 is 2.32 bits per heavy atom. The second kappa shape index (κ2) is 12.0. The summed E-state index contributed by atoms with van der Waals surface area (Å²) >= 11 is 2.13. The first kappa shape index (κ1) is 17.3. The first-order valence-electron chi connectivity index (χ1n) is 8.46. The molecule has 0 spiro atoms. The molecule has 0 aromatic heterocycles. The molecule has 1 aliphatic rings. The minimum absolute atomic E-state index is 0.547. The summed E-state index contributed by atoms with van der Waals surface area (Å²) in [5.41, 5.74) is 3.07. The van der Waals surface area contributed by atoms with Gasteiger partial charge in [-0.15, -0.1) is 0 Å². The predicted octanol–water partition coefficient (Wildman–Crippen LogP) is 4.63. The van der Waals surface area contributed by atoms with Crippen LogP contribution in [0.2, 0.25) is 0 Å². The molecule has 2 nitrogen and oxygen atoms in total. The lowest BCUT2D eigenvalue weighted by atomic mass is 10.0. The Labute approximate surface area is 124 Å². The van der Waals surface area contributed by atoms with Crippen molar-refractivity contribution in [1.29, 1.82) is 0 Å². The van der Waals surface area contributed by atoms with Crippen LogP contribution in [-0.4, -0.2) is 17.0 Å². The van der Waals surface area contributed by atoms with Gasteiger partial charge in [-0.1, -0.05) is 64.7 Å². The van der Waals surface area contributed by atoms with E-state index in [4.69, 9.17) is 5.84 Å². The molecule has 1 heterocycles. The molecule has 0 aromatic rings. The molecule has 0 aromatic carbocycles. The Morgan fingerprint density at radius 1 is 1.05 bits per heavy atom. The van der Waals surface area contributed by atoms with Gasteiger partial charge in [-0.3, -0.25) is 11.3 Å². The van der Waals surface area contributed by atoms with Gasteiger partial charge in [0.25, 0.3) is 0 Å². The zero-order valence-electron chi connectivity index (χ0n) is 12.8. The summed E-state index contributed by atoms with van der Waals surface area (Å²) < 4.78 is 0. The van der Waals surface area contributed by atoms with Crippen molar-refractivity contribution in [3.8, 4) is 0 Å². The summed E-state index contributed by atoms with van der Waals surface area (Å²) in [4.78, 5) is 0. The lowest BCUT2D eigenvalue weighted by Crippen LogP contribution is -2.43. The highest BCUT2D eigenvalue weighted by atomic mass is 32.2. The van der Waals surface area contributed by atoms with Gasteiger partial charge in [0, 0.05) is 11.3 Å². The Morgan fingerprint density at radius 2 is 1.74 bits per heavy atom. The molecule has 2 atom stereocenters. The second-order valence-corrected chi connectivity index (χ2v) is 7.29. The van der Waals surface area contributed by atoms with E-state index in [9.17, 15) is 0 Å². The molecule has 1 rings (SSSR count). The van der Waals surface area contributed by atoms with Gasteiger partial charge >= 0.3 is 0 Å². The zero-order chi connectivity index (χ0) is 13.8. The van der Waals surface area contributed by atoms with Gasteiger partial charge in [0.2, 0.25) is 0 Å². The van der Waals surface area contributed by atoms with Crippen molar-refractivity contribution in [1.82, 2.24) is 5.43 Å². The highest BCUT2D eigenvalue weighted by molar-refractivity contribution is 8.00.